The predicted molar refractivity (Wildman–Crippen MR) is 44.8 cm³/mol. The summed E-state index contributed by atoms with van der Waals surface area (Å²) >= 11 is 0. The molecule has 0 aliphatic heterocycles. The van der Waals surface area contributed by atoms with Crippen LogP contribution in [0.5, 0.6) is 0 Å². The van der Waals surface area contributed by atoms with Crippen LogP contribution in [0.25, 0.3) is 0 Å². The summed E-state index contributed by atoms with van der Waals surface area (Å²) in [4.78, 5) is 14.4. The summed E-state index contributed by atoms with van der Waals surface area (Å²) in [7, 11) is 0. The van der Waals surface area contributed by atoms with E-state index in [0.29, 0.717) is 17.7 Å². The molecule has 3 rings (SSSR count). The van der Waals surface area contributed by atoms with Gasteiger partial charge in [-0.15, -0.1) is 0 Å². The second-order valence-corrected chi connectivity index (χ2v) is 4.10. The minimum absolute atomic E-state index is 0.221. The average molecular weight is 194 g/mol. The molecule has 14 heavy (non-hydrogen) atoms. The Hall–Kier alpha value is -1.39. The molecule has 1 aromatic rings. The van der Waals surface area contributed by atoms with Crippen molar-refractivity contribution in [2.24, 2.45) is 11.8 Å². The number of hydrogen-bond donors (Lipinski definition) is 1. The fraction of sp³-hybridized carbons (Fsp3) is 0.667. The third-order valence-electron chi connectivity index (χ3n) is 3.02. The van der Waals surface area contributed by atoms with Crippen LogP contribution in [0.4, 0.5) is 0 Å². The lowest BCUT2D eigenvalue weighted by molar-refractivity contribution is 0.0680. The molecule has 0 amide bonds. The normalized spacial score (nSPS) is 30.3. The summed E-state index contributed by atoms with van der Waals surface area (Å²) < 4.78 is 4.92. The molecule has 0 bridgehead atoms. The van der Waals surface area contributed by atoms with E-state index >= 15 is 0 Å². The third-order valence-corrected chi connectivity index (χ3v) is 3.02. The molecule has 2 atom stereocenters. The molecule has 2 unspecified atom stereocenters. The summed E-state index contributed by atoms with van der Waals surface area (Å²) in [6.07, 6.45) is 3.70. The van der Waals surface area contributed by atoms with Crippen LogP contribution in [0.15, 0.2) is 4.52 Å². The van der Waals surface area contributed by atoms with Crippen molar-refractivity contribution in [2.75, 3.05) is 0 Å². The number of carboxylic acids is 1. The Morgan fingerprint density at radius 3 is 2.86 bits per heavy atom. The third kappa shape index (κ3) is 1.20. The lowest BCUT2D eigenvalue weighted by atomic mass is 10.2. The van der Waals surface area contributed by atoms with Crippen LogP contribution in [-0.4, -0.2) is 21.2 Å². The molecule has 0 aromatic carbocycles. The van der Waals surface area contributed by atoms with Gasteiger partial charge in [-0.3, -0.25) is 0 Å². The van der Waals surface area contributed by atoms with Crippen LogP contribution < -0.4 is 0 Å². The van der Waals surface area contributed by atoms with Gasteiger partial charge in [0, 0.05) is 5.92 Å². The standard InChI is InChI=1S/C9H10N2O3/c12-9(13)7-10-8(14-11-7)6-3-5(6)4-1-2-4/h4-6H,1-3H2,(H,12,13). The Labute approximate surface area is 80.1 Å². The van der Waals surface area contributed by atoms with Gasteiger partial charge in [0.25, 0.3) is 5.82 Å². The number of carboxylic acid groups (broad SMARTS) is 1. The van der Waals surface area contributed by atoms with E-state index < -0.39 is 5.97 Å². The first kappa shape index (κ1) is 7.96. The van der Waals surface area contributed by atoms with Crippen molar-refractivity contribution in [2.45, 2.75) is 25.2 Å². The van der Waals surface area contributed by atoms with E-state index in [0.717, 1.165) is 12.3 Å². The molecule has 5 heteroatoms. The summed E-state index contributed by atoms with van der Waals surface area (Å²) in [5.41, 5.74) is 0. The van der Waals surface area contributed by atoms with E-state index in [9.17, 15) is 4.79 Å². The molecule has 1 heterocycles. The summed E-state index contributed by atoms with van der Waals surface area (Å²) in [6.45, 7) is 0. The summed E-state index contributed by atoms with van der Waals surface area (Å²) in [6, 6.07) is 0. The van der Waals surface area contributed by atoms with E-state index in [1.165, 1.54) is 12.8 Å². The number of rotatable bonds is 3. The summed E-state index contributed by atoms with van der Waals surface area (Å²) in [5, 5.41) is 12.0. The molecule has 74 valence electrons. The maximum absolute atomic E-state index is 10.5. The Morgan fingerprint density at radius 2 is 2.29 bits per heavy atom. The molecule has 2 saturated carbocycles. The maximum atomic E-state index is 10.5. The summed E-state index contributed by atoms with van der Waals surface area (Å²) in [5.74, 6) is 1.02. The molecule has 5 nitrogen and oxygen atoms in total. The fourth-order valence-electron chi connectivity index (χ4n) is 2.02. The zero-order valence-corrected chi connectivity index (χ0v) is 7.51. The number of aromatic carboxylic acids is 1. The molecule has 2 aliphatic rings. The van der Waals surface area contributed by atoms with Gasteiger partial charge in [0.2, 0.25) is 5.89 Å². The highest BCUT2D eigenvalue weighted by molar-refractivity contribution is 5.82. The van der Waals surface area contributed by atoms with E-state index in [1.807, 2.05) is 0 Å². The molecule has 2 fully saturated rings. The van der Waals surface area contributed by atoms with Gasteiger partial charge < -0.3 is 9.63 Å². The second-order valence-electron chi connectivity index (χ2n) is 4.10. The minimum Gasteiger partial charge on any atom is -0.475 e. The number of nitrogens with zero attached hydrogens (tertiary/aromatic N) is 2. The van der Waals surface area contributed by atoms with Gasteiger partial charge in [-0.2, -0.15) is 4.98 Å². The van der Waals surface area contributed by atoms with Gasteiger partial charge in [0.15, 0.2) is 0 Å². The lowest BCUT2D eigenvalue weighted by Crippen LogP contribution is -1.98. The highest BCUT2D eigenvalue weighted by Crippen LogP contribution is 2.58. The van der Waals surface area contributed by atoms with Crippen molar-refractivity contribution in [1.29, 1.82) is 0 Å². The van der Waals surface area contributed by atoms with E-state index in [4.69, 9.17) is 9.63 Å². The maximum Gasteiger partial charge on any atom is 0.377 e. The topological polar surface area (TPSA) is 76.2 Å². The van der Waals surface area contributed by atoms with Gasteiger partial charge in [-0.1, -0.05) is 0 Å². The lowest BCUT2D eigenvalue weighted by Gasteiger charge is -1.88. The zero-order valence-electron chi connectivity index (χ0n) is 7.51. The molecule has 0 radical (unpaired) electrons. The van der Waals surface area contributed by atoms with E-state index in [-0.39, 0.29) is 5.82 Å². The van der Waals surface area contributed by atoms with Gasteiger partial charge in [-0.25, -0.2) is 4.79 Å². The molecule has 1 aromatic heterocycles. The Morgan fingerprint density at radius 1 is 1.50 bits per heavy atom. The van der Waals surface area contributed by atoms with Crippen molar-refractivity contribution >= 4 is 5.97 Å². The first-order chi connectivity index (χ1) is 6.75. The number of hydrogen-bond acceptors (Lipinski definition) is 4. The van der Waals surface area contributed by atoms with Gasteiger partial charge >= 0.3 is 5.97 Å². The molecule has 0 spiro atoms. The van der Waals surface area contributed by atoms with E-state index in [2.05, 4.69) is 10.1 Å². The molecule has 0 saturated heterocycles. The monoisotopic (exact) mass is 194 g/mol. The highest BCUT2D eigenvalue weighted by Gasteiger charge is 2.51. The second kappa shape index (κ2) is 2.56. The Kier molecular flexibility index (Phi) is 1.45. The zero-order chi connectivity index (χ0) is 9.71. The smallest absolute Gasteiger partial charge is 0.377 e. The largest absolute Gasteiger partial charge is 0.475 e. The molecular weight excluding hydrogens is 184 g/mol. The van der Waals surface area contributed by atoms with Crippen LogP contribution in [0.2, 0.25) is 0 Å². The van der Waals surface area contributed by atoms with Crippen LogP contribution in [0, 0.1) is 11.8 Å². The Bertz CT molecular complexity index is 383. The van der Waals surface area contributed by atoms with Crippen LogP contribution in [-0.2, 0) is 0 Å². The highest BCUT2D eigenvalue weighted by atomic mass is 16.5. The van der Waals surface area contributed by atoms with Gasteiger partial charge in [-0.05, 0) is 36.3 Å². The predicted octanol–water partition coefficient (Wildman–Crippen LogP) is 1.28. The van der Waals surface area contributed by atoms with Crippen molar-refractivity contribution in [3.63, 3.8) is 0 Å². The minimum atomic E-state index is -1.12. The van der Waals surface area contributed by atoms with Crippen molar-refractivity contribution < 1.29 is 14.4 Å². The fourth-order valence-corrected chi connectivity index (χ4v) is 2.02. The molecular formula is C9H10N2O3. The number of carbonyl (C=O) groups is 1. The molecule has 1 N–H and O–H groups in total. The first-order valence-corrected chi connectivity index (χ1v) is 4.82. The van der Waals surface area contributed by atoms with Crippen LogP contribution in [0.1, 0.15) is 41.7 Å². The van der Waals surface area contributed by atoms with E-state index in [1.54, 1.807) is 0 Å². The Balaban J connectivity index is 1.74. The quantitative estimate of drug-likeness (QED) is 0.784. The van der Waals surface area contributed by atoms with Crippen LogP contribution >= 0.6 is 0 Å². The van der Waals surface area contributed by atoms with Crippen molar-refractivity contribution in [3.05, 3.63) is 11.7 Å². The van der Waals surface area contributed by atoms with Crippen molar-refractivity contribution in [1.82, 2.24) is 10.1 Å². The first-order valence-electron chi connectivity index (χ1n) is 4.82. The van der Waals surface area contributed by atoms with Gasteiger partial charge in [0.05, 0.1) is 0 Å². The SMILES string of the molecule is O=C(O)c1noc(C2CC2C2CC2)n1. The van der Waals surface area contributed by atoms with Gasteiger partial charge in [0.1, 0.15) is 0 Å². The number of aromatic nitrogens is 2. The van der Waals surface area contributed by atoms with Crippen LogP contribution in [0.3, 0.4) is 0 Å². The molecule has 2 aliphatic carbocycles. The average Bonchev–Trinajstić information content (AvgIpc) is 3.02. The van der Waals surface area contributed by atoms with Crippen molar-refractivity contribution in [3.8, 4) is 0 Å².